The molecule has 30 heavy (non-hydrogen) atoms. The van der Waals surface area contributed by atoms with Gasteiger partial charge in [-0.3, -0.25) is 9.59 Å². The third-order valence-electron chi connectivity index (χ3n) is 4.93. The Hall–Kier alpha value is -3.64. The first-order chi connectivity index (χ1) is 14.6. The highest BCUT2D eigenvalue weighted by Crippen LogP contribution is 2.44. The summed E-state index contributed by atoms with van der Waals surface area (Å²) in [4.78, 5) is 27.7. The third kappa shape index (κ3) is 3.21. The molecule has 0 amide bonds. The molecule has 1 N–H and O–H groups in total. The SMILES string of the molecule is CC(=O)c1nn(-c2ccccc2)cc1C(=O)c1ccc2c(c1)Nc1ccccc1S2. The molecular formula is C24H17N3O2S. The van der Waals surface area contributed by atoms with Crippen LogP contribution in [0.1, 0.15) is 33.3 Å². The van der Waals surface area contributed by atoms with Gasteiger partial charge in [0.25, 0.3) is 0 Å². The zero-order valence-corrected chi connectivity index (χ0v) is 16.9. The molecular weight excluding hydrogens is 394 g/mol. The molecule has 0 saturated heterocycles. The Morgan fingerprint density at radius 1 is 0.900 bits per heavy atom. The lowest BCUT2D eigenvalue weighted by Crippen LogP contribution is -2.08. The second kappa shape index (κ2) is 7.31. The van der Waals surface area contributed by atoms with E-state index >= 15 is 0 Å². The largest absolute Gasteiger partial charge is 0.354 e. The van der Waals surface area contributed by atoms with Gasteiger partial charge >= 0.3 is 0 Å². The average Bonchev–Trinajstić information content (AvgIpc) is 3.23. The minimum absolute atomic E-state index is 0.175. The summed E-state index contributed by atoms with van der Waals surface area (Å²) in [5, 5.41) is 7.77. The van der Waals surface area contributed by atoms with E-state index in [4.69, 9.17) is 0 Å². The van der Waals surface area contributed by atoms with Crippen molar-refractivity contribution in [1.82, 2.24) is 9.78 Å². The van der Waals surface area contributed by atoms with Crippen molar-refractivity contribution in [3.63, 3.8) is 0 Å². The van der Waals surface area contributed by atoms with Crippen molar-refractivity contribution in [2.24, 2.45) is 0 Å². The summed E-state index contributed by atoms with van der Waals surface area (Å²) < 4.78 is 1.58. The Labute approximate surface area is 177 Å². The number of para-hydroxylation sites is 2. The van der Waals surface area contributed by atoms with Crippen molar-refractivity contribution in [3.05, 3.63) is 95.8 Å². The molecule has 146 valence electrons. The van der Waals surface area contributed by atoms with Gasteiger partial charge in [-0.15, -0.1) is 0 Å². The van der Waals surface area contributed by atoms with Crippen LogP contribution in [0.4, 0.5) is 11.4 Å². The molecule has 0 fully saturated rings. The number of carbonyl (C=O) groups is 2. The van der Waals surface area contributed by atoms with Crippen LogP contribution in [0.2, 0.25) is 0 Å². The Kier molecular flexibility index (Phi) is 4.48. The number of benzene rings is 3. The summed E-state index contributed by atoms with van der Waals surface area (Å²) in [5.41, 5.74) is 3.67. The normalized spacial score (nSPS) is 11.9. The highest BCUT2D eigenvalue weighted by atomic mass is 32.2. The van der Waals surface area contributed by atoms with Gasteiger partial charge in [0.1, 0.15) is 5.69 Å². The number of nitrogens with one attached hydrogen (secondary N) is 1. The Morgan fingerprint density at radius 3 is 2.43 bits per heavy atom. The first kappa shape index (κ1) is 18.4. The zero-order chi connectivity index (χ0) is 20.7. The first-order valence-corrected chi connectivity index (χ1v) is 10.3. The molecule has 5 rings (SSSR count). The number of hydrogen-bond donors (Lipinski definition) is 1. The van der Waals surface area contributed by atoms with E-state index in [1.807, 2.05) is 60.7 Å². The van der Waals surface area contributed by atoms with Crippen molar-refractivity contribution in [3.8, 4) is 5.69 Å². The molecule has 0 saturated carbocycles. The van der Waals surface area contributed by atoms with Crippen LogP contribution in [-0.4, -0.2) is 21.3 Å². The van der Waals surface area contributed by atoms with E-state index in [2.05, 4.69) is 16.5 Å². The molecule has 4 aromatic rings. The van der Waals surface area contributed by atoms with Crippen LogP contribution >= 0.6 is 11.8 Å². The standard InChI is InChI=1S/C24H17N3O2S/c1-15(28)23-18(14-27(26-23)17-7-3-2-4-8-17)24(29)16-11-12-22-20(13-16)25-19-9-5-6-10-21(19)30-22/h2-14,25H,1H3. The predicted molar refractivity (Wildman–Crippen MR) is 117 cm³/mol. The third-order valence-corrected chi connectivity index (χ3v) is 6.08. The summed E-state index contributed by atoms with van der Waals surface area (Å²) in [6.45, 7) is 1.43. The number of nitrogens with zero attached hydrogens (tertiary/aromatic N) is 2. The molecule has 5 nitrogen and oxygen atoms in total. The van der Waals surface area contributed by atoms with Gasteiger partial charge in [0, 0.05) is 28.5 Å². The van der Waals surface area contributed by atoms with Crippen LogP contribution in [0.15, 0.2) is 88.8 Å². The maximum absolute atomic E-state index is 13.3. The lowest BCUT2D eigenvalue weighted by Gasteiger charge is -2.21. The summed E-state index contributed by atoms with van der Waals surface area (Å²) in [6, 6.07) is 23.1. The number of carbonyl (C=O) groups excluding carboxylic acids is 2. The van der Waals surface area contributed by atoms with Crippen LogP contribution < -0.4 is 5.32 Å². The highest BCUT2D eigenvalue weighted by Gasteiger charge is 2.23. The molecule has 0 spiro atoms. The van der Waals surface area contributed by atoms with Crippen molar-refractivity contribution < 1.29 is 9.59 Å². The van der Waals surface area contributed by atoms with E-state index in [-0.39, 0.29) is 17.3 Å². The average molecular weight is 411 g/mol. The van der Waals surface area contributed by atoms with Crippen LogP contribution in [0.3, 0.4) is 0 Å². The topological polar surface area (TPSA) is 64.0 Å². The molecule has 0 atom stereocenters. The number of rotatable bonds is 4. The van der Waals surface area contributed by atoms with Crippen LogP contribution in [0, 0.1) is 0 Å². The first-order valence-electron chi connectivity index (χ1n) is 9.49. The number of Topliss-reactive ketones (excluding diaryl/α,β-unsaturated/α-hetero) is 1. The van der Waals surface area contributed by atoms with E-state index in [0.29, 0.717) is 11.1 Å². The van der Waals surface area contributed by atoms with Gasteiger partial charge in [-0.05, 0) is 42.5 Å². The fourth-order valence-corrected chi connectivity index (χ4v) is 4.42. The van der Waals surface area contributed by atoms with Crippen molar-refractivity contribution in [1.29, 1.82) is 0 Å². The van der Waals surface area contributed by atoms with E-state index in [0.717, 1.165) is 26.9 Å². The predicted octanol–water partition coefficient (Wildman–Crippen LogP) is 5.51. The fraction of sp³-hybridized carbons (Fsp3) is 0.0417. The molecule has 1 aliphatic heterocycles. The van der Waals surface area contributed by atoms with Gasteiger partial charge < -0.3 is 5.32 Å². The Bertz CT molecular complexity index is 1300. The van der Waals surface area contributed by atoms with Crippen molar-refractivity contribution in [2.45, 2.75) is 16.7 Å². The number of fused-ring (bicyclic) bond motifs is 2. The minimum atomic E-state index is -0.242. The molecule has 6 heteroatoms. The number of hydrogen-bond acceptors (Lipinski definition) is 5. The number of anilines is 2. The van der Waals surface area contributed by atoms with E-state index in [1.54, 1.807) is 28.7 Å². The number of ketones is 2. The molecule has 1 aromatic heterocycles. The van der Waals surface area contributed by atoms with Gasteiger partial charge in [-0.25, -0.2) is 4.68 Å². The maximum Gasteiger partial charge on any atom is 0.197 e. The van der Waals surface area contributed by atoms with Crippen molar-refractivity contribution in [2.75, 3.05) is 5.32 Å². The highest BCUT2D eigenvalue weighted by molar-refractivity contribution is 7.99. The van der Waals surface area contributed by atoms with Gasteiger partial charge in [0.2, 0.25) is 0 Å². The molecule has 0 bridgehead atoms. The monoisotopic (exact) mass is 411 g/mol. The molecule has 1 aliphatic rings. The van der Waals surface area contributed by atoms with Gasteiger partial charge in [0.15, 0.2) is 11.6 Å². The van der Waals surface area contributed by atoms with Crippen LogP contribution in [-0.2, 0) is 0 Å². The van der Waals surface area contributed by atoms with Crippen molar-refractivity contribution >= 4 is 34.7 Å². The molecule has 0 unspecified atom stereocenters. The quantitative estimate of drug-likeness (QED) is 0.395. The fourth-order valence-electron chi connectivity index (χ4n) is 3.45. The Morgan fingerprint density at radius 2 is 1.63 bits per heavy atom. The summed E-state index contributed by atoms with van der Waals surface area (Å²) in [5.74, 6) is -0.468. The van der Waals surface area contributed by atoms with Gasteiger partial charge in [-0.2, -0.15) is 5.10 Å². The van der Waals surface area contributed by atoms with Gasteiger partial charge in [-0.1, -0.05) is 42.1 Å². The zero-order valence-electron chi connectivity index (χ0n) is 16.1. The van der Waals surface area contributed by atoms with E-state index < -0.39 is 0 Å². The van der Waals surface area contributed by atoms with E-state index in [1.165, 1.54) is 6.92 Å². The van der Waals surface area contributed by atoms with Crippen LogP contribution in [0.25, 0.3) is 5.69 Å². The maximum atomic E-state index is 13.3. The van der Waals surface area contributed by atoms with E-state index in [9.17, 15) is 9.59 Å². The summed E-state index contributed by atoms with van der Waals surface area (Å²) >= 11 is 1.66. The van der Waals surface area contributed by atoms with Crippen LogP contribution in [0.5, 0.6) is 0 Å². The minimum Gasteiger partial charge on any atom is -0.354 e. The molecule has 0 aliphatic carbocycles. The molecule has 0 radical (unpaired) electrons. The second-order valence-electron chi connectivity index (χ2n) is 6.99. The second-order valence-corrected chi connectivity index (χ2v) is 8.07. The summed E-state index contributed by atoms with van der Waals surface area (Å²) in [7, 11) is 0. The van der Waals surface area contributed by atoms with Gasteiger partial charge in [0.05, 0.1) is 22.6 Å². The molecule has 2 heterocycles. The molecule has 3 aromatic carbocycles. The lowest BCUT2D eigenvalue weighted by molar-refractivity contribution is 0.0987. The summed E-state index contributed by atoms with van der Waals surface area (Å²) in [6.07, 6.45) is 1.63. The Balaban J connectivity index is 1.53. The number of aromatic nitrogens is 2. The lowest BCUT2D eigenvalue weighted by atomic mass is 10.0. The smallest absolute Gasteiger partial charge is 0.197 e.